The van der Waals surface area contributed by atoms with E-state index in [9.17, 15) is 4.39 Å². The van der Waals surface area contributed by atoms with Crippen LogP contribution in [0.25, 0.3) is 0 Å². The quantitative estimate of drug-likeness (QED) is 0.826. The standard InChI is InChI=1S/C12H19FN2O/c1-14-12(8-15(2)3)10-6-5-9(16-4)7-11(10)13/h5-7,12,14H,8H2,1-4H3. The average Bonchev–Trinajstić information content (AvgIpc) is 2.25. The van der Waals surface area contributed by atoms with Crippen molar-refractivity contribution >= 4 is 0 Å². The van der Waals surface area contributed by atoms with E-state index >= 15 is 0 Å². The van der Waals surface area contributed by atoms with Crippen LogP contribution in [0.5, 0.6) is 5.75 Å². The van der Waals surface area contributed by atoms with Gasteiger partial charge in [0.2, 0.25) is 0 Å². The lowest BCUT2D eigenvalue weighted by Crippen LogP contribution is -2.29. The van der Waals surface area contributed by atoms with Gasteiger partial charge in [-0.3, -0.25) is 0 Å². The van der Waals surface area contributed by atoms with Gasteiger partial charge in [-0.25, -0.2) is 4.39 Å². The van der Waals surface area contributed by atoms with Crippen LogP contribution < -0.4 is 10.1 Å². The van der Waals surface area contributed by atoms with Crippen LogP contribution in [0.1, 0.15) is 11.6 Å². The Labute approximate surface area is 96.2 Å². The topological polar surface area (TPSA) is 24.5 Å². The molecule has 0 bridgehead atoms. The Morgan fingerprint density at radius 1 is 1.44 bits per heavy atom. The van der Waals surface area contributed by atoms with Gasteiger partial charge in [-0.2, -0.15) is 0 Å². The molecular weight excluding hydrogens is 207 g/mol. The van der Waals surface area contributed by atoms with Crippen LogP contribution >= 0.6 is 0 Å². The van der Waals surface area contributed by atoms with Crippen LogP contribution in [0.4, 0.5) is 4.39 Å². The summed E-state index contributed by atoms with van der Waals surface area (Å²) >= 11 is 0. The molecule has 0 saturated heterocycles. The van der Waals surface area contributed by atoms with Crippen molar-refractivity contribution in [1.82, 2.24) is 10.2 Å². The monoisotopic (exact) mass is 226 g/mol. The molecule has 0 amide bonds. The van der Waals surface area contributed by atoms with Crippen molar-refractivity contribution in [2.24, 2.45) is 0 Å². The van der Waals surface area contributed by atoms with Gasteiger partial charge < -0.3 is 15.0 Å². The maximum Gasteiger partial charge on any atom is 0.131 e. The second-order valence-electron chi connectivity index (χ2n) is 3.99. The predicted molar refractivity (Wildman–Crippen MR) is 63.3 cm³/mol. The zero-order valence-corrected chi connectivity index (χ0v) is 10.2. The molecule has 0 radical (unpaired) electrons. The summed E-state index contributed by atoms with van der Waals surface area (Å²) in [6.07, 6.45) is 0. The first-order chi connectivity index (χ1) is 7.58. The molecule has 1 rings (SSSR count). The number of likely N-dealkylation sites (N-methyl/N-ethyl adjacent to an activating group) is 2. The number of halogens is 1. The lowest BCUT2D eigenvalue weighted by atomic mass is 10.1. The molecule has 1 atom stereocenters. The van der Waals surface area contributed by atoms with Crippen molar-refractivity contribution < 1.29 is 9.13 Å². The molecule has 0 aliphatic rings. The molecule has 3 nitrogen and oxygen atoms in total. The third-order valence-corrected chi connectivity index (χ3v) is 2.48. The number of hydrogen-bond acceptors (Lipinski definition) is 3. The van der Waals surface area contributed by atoms with Crippen LogP contribution in [0.2, 0.25) is 0 Å². The molecule has 0 fully saturated rings. The minimum atomic E-state index is -0.236. The van der Waals surface area contributed by atoms with Crippen molar-refractivity contribution in [2.45, 2.75) is 6.04 Å². The van der Waals surface area contributed by atoms with E-state index in [4.69, 9.17) is 4.74 Å². The molecule has 0 aromatic heterocycles. The van der Waals surface area contributed by atoms with E-state index < -0.39 is 0 Å². The van der Waals surface area contributed by atoms with Gasteiger partial charge >= 0.3 is 0 Å². The summed E-state index contributed by atoms with van der Waals surface area (Å²) in [5, 5.41) is 3.11. The van der Waals surface area contributed by atoms with Gasteiger partial charge in [-0.1, -0.05) is 6.07 Å². The fourth-order valence-electron chi connectivity index (χ4n) is 1.63. The maximum atomic E-state index is 13.8. The van der Waals surface area contributed by atoms with Gasteiger partial charge in [0, 0.05) is 24.2 Å². The highest BCUT2D eigenvalue weighted by Gasteiger charge is 2.15. The number of ether oxygens (including phenoxy) is 1. The molecule has 0 spiro atoms. The number of hydrogen-bond donors (Lipinski definition) is 1. The Hall–Kier alpha value is -1.13. The van der Waals surface area contributed by atoms with Gasteiger partial charge in [0.1, 0.15) is 11.6 Å². The van der Waals surface area contributed by atoms with E-state index in [-0.39, 0.29) is 11.9 Å². The Bertz CT molecular complexity index is 342. The summed E-state index contributed by atoms with van der Waals surface area (Å²) < 4.78 is 18.8. The third-order valence-electron chi connectivity index (χ3n) is 2.48. The van der Waals surface area contributed by atoms with E-state index in [1.54, 1.807) is 12.1 Å². The fourth-order valence-corrected chi connectivity index (χ4v) is 1.63. The zero-order chi connectivity index (χ0) is 12.1. The summed E-state index contributed by atoms with van der Waals surface area (Å²) in [4.78, 5) is 2.02. The van der Waals surface area contributed by atoms with Crippen LogP contribution in [-0.2, 0) is 0 Å². The number of rotatable bonds is 5. The minimum absolute atomic E-state index is 0.0130. The summed E-state index contributed by atoms with van der Waals surface area (Å²) in [6.45, 7) is 0.750. The molecule has 1 N–H and O–H groups in total. The average molecular weight is 226 g/mol. The molecule has 1 aromatic rings. The molecule has 90 valence electrons. The summed E-state index contributed by atoms with van der Waals surface area (Å²) in [5.41, 5.74) is 0.664. The normalized spacial score (nSPS) is 12.9. The lowest BCUT2D eigenvalue weighted by Gasteiger charge is -2.21. The largest absolute Gasteiger partial charge is 0.497 e. The summed E-state index contributed by atoms with van der Waals surface area (Å²) in [6, 6.07) is 4.94. The molecule has 4 heteroatoms. The number of nitrogens with zero attached hydrogens (tertiary/aromatic N) is 1. The van der Waals surface area contributed by atoms with Crippen LogP contribution in [0.15, 0.2) is 18.2 Å². The van der Waals surface area contributed by atoms with Gasteiger partial charge in [-0.05, 0) is 27.2 Å². The smallest absolute Gasteiger partial charge is 0.131 e. The highest BCUT2D eigenvalue weighted by Crippen LogP contribution is 2.22. The Balaban J connectivity index is 2.92. The van der Waals surface area contributed by atoms with Gasteiger partial charge in [0.25, 0.3) is 0 Å². The van der Waals surface area contributed by atoms with Gasteiger partial charge in [0.15, 0.2) is 0 Å². The highest BCUT2D eigenvalue weighted by atomic mass is 19.1. The predicted octanol–water partition coefficient (Wildman–Crippen LogP) is 1.66. The second-order valence-corrected chi connectivity index (χ2v) is 3.99. The van der Waals surface area contributed by atoms with Crippen molar-refractivity contribution in [1.29, 1.82) is 0 Å². The number of methoxy groups -OCH3 is 1. The van der Waals surface area contributed by atoms with E-state index in [1.807, 2.05) is 26.0 Å². The lowest BCUT2D eigenvalue weighted by molar-refractivity contribution is 0.346. The Kier molecular flexibility index (Phi) is 4.71. The first-order valence-electron chi connectivity index (χ1n) is 5.24. The molecule has 1 unspecified atom stereocenters. The minimum Gasteiger partial charge on any atom is -0.497 e. The molecule has 0 aliphatic heterocycles. The van der Waals surface area contributed by atoms with Crippen LogP contribution in [0.3, 0.4) is 0 Å². The van der Waals surface area contributed by atoms with Crippen molar-refractivity contribution in [3.05, 3.63) is 29.6 Å². The first-order valence-corrected chi connectivity index (χ1v) is 5.24. The first kappa shape index (κ1) is 12.9. The van der Waals surface area contributed by atoms with E-state index in [0.29, 0.717) is 11.3 Å². The molecule has 0 aliphatic carbocycles. The SMILES string of the molecule is CNC(CN(C)C)c1ccc(OC)cc1F. The molecule has 1 aromatic carbocycles. The van der Waals surface area contributed by atoms with Crippen LogP contribution in [-0.4, -0.2) is 39.7 Å². The van der Waals surface area contributed by atoms with Gasteiger partial charge in [0.05, 0.1) is 7.11 Å². The van der Waals surface area contributed by atoms with E-state index in [2.05, 4.69) is 5.32 Å². The molecule has 16 heavy (non-hydrogen) atoms. The van der Waals surface area contributed by atoms with Gasteiger partial charge in [-0.15, -0.1) is 0 Å². The molecule has 0 heterocycles. The van der Waals surface area contributed by atoms with E-state index in [0.717, 1.165) is 6.54 Å². The van der Waals surface area contributed by atoms with Crippen molar-refractivity contribution in [3.63, 3.8) is 0 Å². The van der Waals surface area contributed by atoms with Crippen molar-refractivity contribution in [3.8, 4) is 5.75 Å². The number of benzene rings is 1. The maximum absolute atomic E-state index is 13.8. The Morgan fingerprint density at radius 3 is 2.56 bits per heavy atom. The van der Waals surface area contributed by atoms with Crippen molar-refractivity contribution in [2.75, 3.05) is 34.8 Å². The summed E-state index contributed by atoms with van der Waals surface area (Å²) in [7, 11) is 7.29. The van der Waals surface area contributed by atoms with Crippen LogP contribution in [0, 0.1) is 5.82 Å². The Morgan fingerprint density at radius 2 is 2.12 bits per heavy atom. The van der Waals surface area contributed by atoms with E-state index in [1.165, 1.54) is 13.2 Å². The molecular formula is C12H19FN2O. The molecule has 0 saturated carbocycles. The second kappa shape index (κ2) is 5.82. The number of nitrogens with one attached hydrogen (secondary N) is 1. The summed E-state index contributed by atoms with van der Waals surface area (Å²) in [5.74, 6) is 0.307. The zero-order valence-electron chi connectivity index (χ0n) is 10.2. The fraction of sp³-hybridized carbons (Fsp3) is 0.500. The highest BCUT2D eigenvalue weighted by molar-refractivity contribution is 5.31. The third kappa shape index (κ3) is 3.18.